The highest BCUT2D eigenvalue weighted by Crippen LogP contribution is 2.32. The van der Waals surface area contributed by atoms with Gasteiger partial charge in [-0.05, 0) is 67.3 Å². The molecule has 32 heavy (non-hydrogen) atoms. The van der Waals surface area contributed by atoms with Crippen LogP contribution >= 0.6 is 0 Å². The number of benzene rings is 2. The Morgan fingerprint density at radius 3 is 2.34 bits per heavy atom. The topological polar surface area (TPSA) is 78.5 Å². The zero-order chi connectivity index (χ0) is 22.9. The summed E-state index contributed by atoms with van der Waals surface area (Å²) in [7, 11) is -3.99. The van der Waals surface area contributed by atoms with Gasteiger partial charge in [0, 0.05) is 24.0 Å². The van der Waals surface area contributed by atoms with Gasteiger partial charge in [0.2, 0.25) is 0 Å². The highest BCUT2D eigenvalue weighted by Gasteiger charge is 2.31. The number of nitrogens with one attached hydrogen (secondary N) is 2. The molecule has 0 aromatic heterocycles. The molecule has 0 radical (unpaired) electrons. The lowest BCUT2D eigenvalue weighted by Gasteiger charge is -2.26. The van der Waals surface area contributed by atoms with Crippen LogP contribution in [0.25, 0.3) is 0 Å². The predicted octanol–water partition coefficient (Wildman–Crippen LogP) is 4.91. The molecule has 1 aliphatic carbocycles. The molecule has 0 spiro atoms. The molecule has 172 valence electrons. The molecule has 1 saturated carbocycles. The first-order valence-electron chi connectivity index (χ1n) is 10.5. The Hall–Kier alpha value is -2.75. The van der Waals surface area contributed by atoms with Crippen molar-refractivity contribution < 1.29 is 26.4 Å². The Labute approximate surface area is 184 Å². The monoisotopic (exact) mass is 467 g/mol. The number of carbonyl (C=O) groups excluding carboxylic acids is 1. The summed E-state index contributed by atoms with van der Waals surface area (Å²) in [5.41, 5.74) is 0.586. The zero-order valence-electron chi connectivity index (χ0n) is 17.3. The number of halogens is 3. The van der Waals surface area contributed by atoms with Crippen LogP contribution in [0.4, 0.5) is 29.3 Å². The number of hydrogen-bond acceptors (Lipinski definition) is 3. The van der Waals surface area contributed by atoms with Crippen LogP contribution in [-0.4, -0.2) is 27.0 Å². The molecule has 10 heteroatoms. The predicted molar refractivity (Wildman–Crippen MR) is 115 cm³/mol. The molecular formula is C22H24F3N3O3S. The van der Waals surface area contributed by atoms with E-state index < -0.39 is 21.8 Å². The first-order chi connectivity index (χ1) is 15.1. The van der Waals surface area contributed by atoms with E-state index in [4.69, 9.17) is 0 Å². The van der Waals surface area contributed by atoms with E-state index in [9.17, 15) is 26.4 Å². The summed E-state index contributed by atoms with van der Waals surface area (Å²) in [5.74, 6) is 0. The van der Waals surface area contributed by atoms with Gasteiger partial charge in [-0.15, -0.1) is 0 Å². The number of alkyl halides is 3. The minimum Gasteiger partial charge on any atom is -0.335 e. The number of rotatable bonds is 4. The molecule has 1 aliphatic heterocycles. The van der Waals surface area contributed by atoms with Gasteiger partial charge in [0.15, 0.2) is 0 Å². The Bertz CT molecular complexity index is 1100. The minimum absolute atomic E-state index is 0.00862. The molecule has 1 heterocycles. The molecule has 1 fully saturated rings. The summed E-state index contributed by atoms with van der Waals surface area (Å²) >= 11 is 0. The zero-order valence-corrected chi connectivity index (χ0v) is 18.1. The smallest absolute Gasteiger partial charge is 0.335 e. The average Bonchev–Trinajstić information content (AvgIpc) is 3.17. The van der Waals surface area contributed by atoms with E-state index in [1.807, 2.05) is 0 Å². The summed E-state index contributed by atoms with van der Waals surface area (Å²) in [6.45, 7) is 0.462. The van der Waals surface area contributed by atoms with Crippen molar-refractivity contribution in [2.24, 2.45) is 0 Å². The molecular weight excluding hydrogens is 443 g/mol. The van der Waals surface area contributed by atoms with E-state index in [1.165, 1.54) is 18.6 Å². The number of fused-ring (bicyclic) bond motifs is 1. The molecule has 2 N–H and O–H groups in total. The van der Waals surface area contributed by atoms with Crippen LogP contribution in [0.2, 0.25) is 0 Å². The van der Waals surface area contributed by atoms with Gasteiger partial charge in [0.25, 0.3) is 10.0 Å². The van der Waals surface area contributed by atoms with Gasteiger partial charge in [0.1, 0.15) is 0 Å². The van der Waals surface area contributed by atoms with Crippen molar-refractivity contribution in [2.75, 3.05) is 16.2 Å². The third-order valence-electron chi connectivity index (χ3n) is 5.90. The first kappa shape index (κ1) is 22.4. The van der Waals surface area contributed by atoms with Crippen LogP contribution in [0.15, 0.2) is 47.4 Å². The Balaban J connectivity index is 1.47. The highest BCUT2D eigenvalue weighted by atomic mass is 32.2. The van der Waals surface area contributed by atoms with Crippen molar-refractivity contribution in [3.8, 4) is 0 Å². The summed E-state index contributed by atoms with van der Waals surface area (Å²) in [5, 5.41) is 3.07. The molecule has 0 unspecified atom stereocenters. The van der Waals surface area contributed by atoms with Crippen LogP contribution in [0, 0.1) is 0 Å². The lowest BCUT2D eigenvalue weighted by atomic mass is 9.96. The van der Waals surface area contributed by atoms with E-state index >= 15 is 0 Å². The van der Waals surface area contributed by atoms with Crippen LogP contribution in [0.3, 0.4) is 0 Å². The second-order valence-electron chi connectivity index (χ2n) is 8.16. The normalized spacial score (nSPS) is 17.2. The maximum atomic E-state index is 12.7. The van der Waals surface area contributed by atoms with Crippen molar-refractivity contribution in [1.29, 1.82) is 0 Å². The second-order valence-corrected chi connectivity index (χ2v) is 9.84. The fourth-order valence-corrected chi connectivity index (χ4v) is 5.31. The van der Waals surface area contributed by atoms with E-state index in [2.05, 4.69) is 10.0 Å². The number of amides is 2. The Morgan fingerprint density at radius 2 is 1.69 bits per heavy atom. The summed E-state index contributed by atoms with van der Waals surface area (Å²) in [6.07, 6.45) is 1.38. The number of anilines is 2. The van der Waals surface area contributed by atoms with E-state index in [1.54, 1.807) is 11.0 Å². The number of sulfonamides is 1. The van der Waals surface area contributed by atoms with Crippen LogP contribution in [-0.2, 0) is 22.6 Å². The molecule has 6 nitrogen and oxygen atoms in total. The fourth-order valence-electron chi connectivity index (χ4n) is 4.20. The quantitative estimate of drug-likeness (QED) is 0.671. The molecule has 2 aromatic carbocycles. The summed E-state index contributed by atoms with van der Waals surface area (Å²) in [6, 6.07) is 8.31. The van der Waals surface area contributed by atoms with Gasteiger partial charge in [-0.25, -0.2) is 13.2 Å². The number of hydrogen-bond donors (Lipinski definition) is 2. The third kappa shape index (κ3) is 4.85. The summed E-state index contributed by atoms with van der Waals surface area (Å²) < 4.78 is 65.9. The molecule has 2 aromatic rings. The van der Waals surface area contributed by atoms with Gasteiger partial charge in [0.05, 0.1) is 10.5 Å². The minimum atomic E-state index is -4.49. The van der Waals surface area contributed by atoms with Crippen LogP contribution in [0.5, 0.6) is 0 Å². The van der Waals surface area contributed by atoms with Gasteiger partial charge in [-0.1, -0.05) is 19.3 Å². The van der Waals surface area contributed by atoms with E-state index in [-0.39, 0.29) is 22.7 Å². The van der Waals surface area contributed by atoms with Gasteiger partial charge >= 0.3 is 12.2 Å². The van der Waals surface area contributed by atoms with Crippen LogP contribution < -0.4 is 14.9 Å². The van der Waals surface area contributed by atoms with Gasteiger partial charge < -0.3 is 5.32 Å². The maximum absolute atomic E-state index is 12.7. The number of nitrogens with zero attached hydrogens (tertiary/aromatic N) is 1. The van der Waals surface area contributed by atoms with Crippen molar-refractivity contribution in [2.45, 2.75) is 55.6 Å². The van der Waals surface area contributed by atoms with Crippen molar-refractivity contribution in [3.63, 3.8) is 0 Å². The first-order valence-corrected chi connectivity index (χ1v) is 12.0. The largest absolute Gasteiger partial charge is 0.416 e. The standard InChI is InChI=1S/C22H24F3N3O3S/c23-22(24,25)16-6-8-18(9-7-16)27-32(30,31)19-10-11-20-15(14-19)12-13-28(20)21(29)26-17-4-2-1-3-5-17/h6-11,14,17,27H,1-5,12-13H2,(H,26,29). The average molecular weight is 468 g/mol. The summed E-state index contributed by atoms with van der Waals surface area (Å²) in [4.78, 5) is 14.3. The van der Waals surface area contributed by atoms with Gasteiger partial charge in [-0.2, -0.15) is 13.2 Å². The molecule has 4 rings (SSSR count). The van der Waals surface area contributed by atoms with E-state index in [0.717, 1.165) is 55.5 Å². The number of carbonyl (C=O) groups is 1. The van der Waals surface area contributed by atoms with Gasteiger partial charge in [-0.3, -0.25) is 9.62 Å². The lowest BCUT2D eigenvalue weighted by Crippen LogP contribution is -2.45. The molecule has 0 bridgehead atoms. The molecule has 2 aliphatic rings. The van der Waals surface area contributed by atoms with Crippen molar-refractivity contribution in [3.05, 3.63) is 53.6 Å². The number of urea groups is 1. The molecule has 0 saturated heterocycles. The van der Waals surface area contributed by atoms with E-state index in [0.29, 0.717) is 18.7 Å². The second kappa shape index (κ2) is 8.65. The molecule has 2 amide bonds. The Kier molecular flexibility index (Phi) is 6.07. The fraction of sp³-hybridized carbons (Fsp3) is 0.409. The highest BCUT2D eigenvalue weighted by molar-refractivity contribution is 7.92. The lowest BCUT2D eigenvalue weighted by molar-refractivity contribution is -0.137. The van der Waals surface area contributed by atoms with Crippen LogP contribution in [0.1, 0.15) is 43.2 Å². The Morgan fingerprint density at radius 1 is 1.00 bits per heavy atom. The SMILES string of the molecule is O=C(NC1CCCCC1)N1CCc2cc(S(=O)(=O)Nc3ccc(C(F)(F)F)cc3)ccc21. The third-order valence-corrected chi connectivity index (χ3v) is 7.28. The maximum Gasteiger partial charge on any atom is 0.416 e. The van der Waals surface area contributed by atoms with Crippen molar-refractivity contribution >= 4 is 27.4 Å². The van der Waals surface area contributed by atoms with Crippen molar-refractivity contribution in [1.82, 2.24) is 5.32 Å². The molecule has 0 atom stereocenters.